The number of nitriles is 2. The zero-order chi connectivity index (χ0) is 12.6. The summed E-state index contributed by atoms with van der Waals surface area (Å²) in [6.07, 6.45) is 3.37. The lowest BCUT2D eigenvalue weighted by Crippen LogP contribution is -2.65. The molecule has 0 radical (unpaired) electrons. The molecule has 2 N–H and O–H groups in total. The van der Waals surface area contributed by atoms with Crippen molar-refractivity contribution >= 4 is 11.4 Å². The van der Waals surface area contributed by atoms with Crippen LogP contribution in [0.3, 0.4) is 0 Å². The highest BCUT2D eigenvalue weighted by atomic mass is 15.2. The molecule has 1 heterocycles. The van der Waals surface area contributed by atoms with Crippen LogP contribution in [0.25, 0.3) is 0 Å². The zero-order valence-electron chi connectivity index (χ0n) is 10.0. The molecule has 18 heavy (non-hydrogen) atoms. The number of hydrogen-bond donors (Lipinski definition) is 2. The lowest BCUT2D eigenvalue weighted by molar-refractivity contribution is 0.290. The standard InChI is InChI=1S/C14H14N4/c15-9-13-7-3-4-8-14(13,10-16)18-12-6-2-1-5-11(12)17-13/h1-2,5-6,17-18H,3-4,7-8H2. The Kier molecular flexibility index (Phi) is 2.21. The normalized spacial score (nSPS) is 32.8. The Bertz CT molecular complexity index is 517. The molecule has 1 aromatic carbocycles. The van der Waals surface area contributed by atoms with E-state index in [9.17, 15) is 10.5 Å². The summed E-state index contributed by atoms with van der Waals surface area (Å²) < 4.78 is 0. The van der Waals surface area contributed by atoms with E-state index in [2.05, 4.69) is 22.8 Å². The van der Waals surface area contributed by atoms with E-state index >= 15 is 0 Å². The van der Waals surface area contributed by atoms with Crippen LogP contribution >= 0.6 is 0 Å². The fraction of sp³-hybridized carbons (Fsp3) is 0.429. The average molecular weight is 238 g/mol. The van der Waals surface area contributed by atoms with E-state index < -0.39 is 11.1 Å². The fourth-order valence-electron chi connectivity index (χ4n) is 3.06. The van der Waals surface area contributed by atoms with Gasteiger partial charge in [0.2, 0.25) is 0 Å². The third-order valence-electron chi connectivity index (χ3n) is 4.09. The summed E-state index contributed by atoms with van der Waals surface area (Å²) >= 11 is 0. The van der Waals surface area contributed by atoms with Gasteiger partial charge in [-0.3, -0.25) is 0 Å². The minimum Gasteiger partial charge on any atom is -0.363 e. The van der Waals surface area contributed by atoms with Gasteiger partial charge in [0.15, 0.2) is 11.1 Å². The van der Waals surface area contributed by atoms with Crippen LogP contribution in [0.1, 0.15) is 25.7 Å². The number of nitrogens with zero attached hydrogens (tertiary/aromatic N) is 2. The van der Waals surface area contributed by atoms with Crippen LogP contribution in [0, 0.1) is 22.7 Å². The van der Waals surface area contributed by atoms with Gasteiger partial charge in [-0.25, -0.2) is 0 Å². The molecule has 3 rings (SSSR count). The Hall–Kier alpha value is -2.20. The van der Waals surface area contributed by atoms with E-state index in [0.29, 0.717) is 12.8 Å². The molecule has 1 aromatic rings. The van der Waals surface area contributed by atoms with Gasteiger partial charge in [0.25, 0.3) is 0 Å². The highest BCUT2D eigenvalue weighted by Crippen LogP contribution is 2.46. The van der Waals surface area contributed by atoms with E-state index in [1.54, 1.807) is 0 Å². The topological polar surface area (TPSA) is 71.6 Å². The molecular weight excluding hydrogens is 224 g/mol. The third kappa shape index (κ3) is 1.23. The van der Waals surface area contributed by atoms with Crippen LogP contribution in [0.4, 0.5) is 11.4 Å². The first-order chi connectivity index (χ1) is 8.75. The highest BCUT2D eigenvalue weighted by Gasteiger charge is 2.57. The maximum atomic E-state index is 9.60. The Labute approximate surface area is 106 Å². The Morgan fingerprint density at radius 2 is 1.33 bits per heavy atom. The Morgan fingerprint density at radius 3 is 1.72 bits per heavy atom. The van der Waals surface area contributed by atoms with Crippen molar-refractivity contribution in [2.75, 3.05) is 10.6 Å². The van der Waals surface area contributed by atoms with Crippen molar-refractivity contribution in [3.8, 4) is 12.1 Å². The predicted molar refractivity (Wildman–Crippen MR) is 68.8 cm³/mol. The number of para-hydroxylation sites is 2. The van der Waals surface area contributed by atoms with E-state index in [-0.39, 0.29) is 0 Å². The number of fused-ring (bicyclic) bond motifs is 2. The number of nitrogens with one attached hydrogen (secondary N) is 2. The summed E-state index contributed by atoms with van der Waals surface area (Å²) in [4.78, 5) is 0. The fourth-order valence-corrected chi connectivity index (χ4v) is 3.06. The summed E-state index contributed by atoms with van der Waals surface area (Å²) in [7, 11) is 0. The first-order valence-electron chi connectivity index (χ1n) is 6.23. The van der Waals surface area contributed by atoms with Gasteiger partial charge in [-0.1, -0.05) is 12.1 Å². The summed E-state index contributed by atoms with van der Waals surface area (Å²) in [5.41, 5.74) is 0.196. The van der Waals surface area contributed by atoms with Crippen LogP contribution in [0.2, 0.25) is 0 Å². The van der Waals surface area contributed by atoms with E-state index in [1.165, 1.54) is 0 Å². The molecule has 0 saturated heterocycles. The number of anilines is 2. The average Bonchev–Trinajstić information content (AvgIpc) is 2.44. The largest absolute Gasteiger partial charge is 0.363 e. The van der Waals surface area contributed by atoms with Gasteiger partial charge in [-0.05, 0) is 37.8 Å². The summed E-state index contributed by atoms with van der Waals surface area (Å²) in [5.74, 6) is 0. The van der Waals surface area contributed by atoms with Crippen molar-refractivity contribution in [2.45, 2.75) is 36.8 Å². The van der Waals surface area contributed by atoms with Crippen LogP contribution in [0.15, 0.2) is 24.3 Å². The molecule has 2 atom stereocenters. The van der Waals surface area contributed by atoms with Crippen LogP contribution in [-0.2, 0) is 0 Å². The molecule has 1 saturated carbocycles. The van der Waals surface area contributed by atoms with Crippen molar-refractivity contribution in [1.82, 2.24) is 0 Å². The molecular formula is C14H14N4. The Balaban J connectivity index is 2.16. The Morgan fingerprint density at radius 1 is 0.889 bits per heavy atom. The van der Waals surface area contributed by atoms with E-state index in [1.807, 2.05) is 24.3 Å². The minimum atomic E-state index is -0.811. The number of rotatable bonds is 0. The van der Waals surface area contributed by atoms with Crippen LogP contribution in [0.5, 0.6) is 0 Å². The van der Waals surface area contributed by atoms with Gasteiger partial charge < -0.3 is 10.6 Å². The molecule has 4 heteroatoms. The first-order valence-corrected chi connectivity index (χ1v) is 6.23. The van der Waals surface area contributed by atoms with Crippen molar-refractivity contribution in [1.29, 1.82) is 10.5 Å². The van der Waals surface area contributed by atoms with Gasteiger partial charge in [-0.2, -0.15) is 10.5 Å². The molecule has 0 spiro atoms. The third-order valence-corrected chi connectivity index (χ3v) is 4.09. The van der Waals surface area contributed by atoms with Crippen molar-refractivity contribution in [3.63, 3.8) is 0 Å². The second-order valence-electron chi connectivity index (χ2n) is 5.04. The first kappa shape index (κ1) is 10.9. The molecule has 2 unspecified atom stereocenters. The van der Waals surface area contributed by atoms with Gasteiger partial charge in [-0.15, -0.1) is 0 Å². The highest BCUT2D eigenvalue weighted by molar-refractivity contribution is 5.77. The van der Waals surface area contributed by atoms with E-state index in [4.69, 9.17) is 0 Å². The van der Waals surface area contributed by atoms with Gasteiger partial charge in [0, 0.05) is 0 Å². The molecule has 0 bridgehead atoms. The molecule has 2 aliphatic rings. The lowest BCUT2D eigenvalue weighted by Gasteiger charge is -2.50. The number of benzene rings is 1. The second-order valence-corrected chi connectivity index (χ2v) is 5.04. The smallest absolute Gasteiger partial charge is 0.162 e. The zero-order valence-corrected chi connectivity index (χ0v) is 10.0. The quantitative estimate of drug-likeness (QED) is 0.728. The van der Waals surface area contributed by atoms with E-state index in [0.717, 1.165) is 24.2 Å². The maximum Gasteiger partial charge on any atom is 0.162 e. The maximum absolute atomic E-state index is 9.60. The van der Waals surface area contributed by atoms with Gasteiger partial charge >= 0.3 is 0 Å². The second kappa shape index (κ2) is 3.65. The predicted octanol–water partition coefficient (Wildman–Crippen LogP) is 2.62. The molecule has 1 aliphatic carbocycles. The minimum absolute atomic E-state index is 0.707. The van der Waals surface area contributed by atoms with Crippen molar-refractivity contribution in [2.24, 2.45) is 0 Å². The summed E-state index contributed by atoms with van der Waals surface area (Å²) in [6, 6.07) is 12.5. The van der Waals surface area contributed by atoms with Crippen LogP contribution < -0.4 is 10.6 Å². The SMILES string of the molecule is N#CC12CCCCC1(C#N)Nc1ccccc1N2. The molecule has 1 fully saturated rings. The summed E-state index contributed by atoms with van der Waals surface area (Å²) in [6.45, 7) is 0. The molecule has 0 aromatic heterocycles. The molecule has 90 valence electrons. The van der Waals surface area contributed by atoms with Crippen molar-refractivity contribution < 1.29 is 0 Å². The van der Waals surface area contributed by atoms with Gasteiger partial charge in [0.05, 0.1) is 23.5 Å². The van der Waals surface area contributed by atoms with Crippen LogP contribution in [-0.4, -0.2) is 11.1 Å². The molecule has 1 aliphatic heterocycles. The molecule has 0 amide bonds. The molecule has 4 nitrogen and oxygen atoms in total. The summed E-state index contributed by atoms with van der Waals surface area (Å²) in [5, 5.41) is 25.8. The number of hydrogen-bond acceptors (Lipinski definition) is 4. The monoisotopic (exact) mass is 238 g/mol. The lowest BCUT2D eigenvalue weighted by atomic mass is 9.66. The van der Waals surface area contributed by atoms with Gasteiger partial charge in [0.1, 0.15) is 0 Å². The van der Waals surface area contributed by atoms with Crippen molar-refractivity contribution in [3.05, 3.63) is 24.3 Å².